The van der Waals surface area contributed by atoms with Crippen LogP contribution in [0.2, 0.25) is 0 Å². The molecule has 0 bridgehead atoms. The summed E-state index contributed by atoms with van der Waals surface area (Å²) in [6.07, 6.45) is 3.28. The van der Waals surface area contributed by atoms with Gasteiger partial charge in [-0.2, -0.15) is 0 Å². The third kappa shape index (κ3) is 7.34. The van der Waals surface area contributed by atoms with E-state index in [0.717, 1.165) is 0 Å². The molecule has 1 atom stereocenters. The van der Waals surface area contributed by atoms with Gasteiger partial charge in [-0.3, -0.25) is 9.59 Å². The topological polar surface area (TPSA) is 66.4 Å². The third-order valence-electron chi connectivity index (χ3n) is 1.76. The van der Waals surface area contributed by atoms with E-state index in [-0.39, 0.29) is 18.4 Å². The van der Waals surface area contributed by atoms with Gasteiger partial charge in [-0.05, 0) is 19.8 Å². The standard InChI is InChI=1S/C10H17NO3/c1-3-5-9(12)11-8(2)6-4-7-10(13)14/h3,8H,1,4-7H2,2H3,(H,11,12)(H,13,14). The summed E-state index contributed by atoms with van der Waals surface area (Å²) in [6, 6.07) is 0.0294. The van der Waals surface area contributed by atoms with Crippen LogP contribution in [0.3, 0.4) is 0 Å². The normalized spacial score (nSPS) is 11.8. The van der Waals surface area contributed by atoms with Crippen molar-refractivity contribution in [2.75, 3.05) is 0 Å². The molecule has 14 heavy (non-hydrogen) atoms. The molecule has 0 aromatic rings. The predicted molar refractivity (Wildman–Crippen MR) is 53.9 cm³/mol. The van der Waals surface area contributed by atoms with Gasteiger partial charge in [0.1, 0.15) is 0 Å². The molecular formula is C10H17NO3. The van der Waals surface area contributed by atoms with E-state index in [1.807, 2.05) is 6.92 Å². The Labute approximate surface area is 84.0 Å². The van der Waals surface area contributed by atoms with E-state index in [2.05, 4.69) is 11.9 Å². The second-order valence-electron chi connectivity index (χ2n) is 3.25. The molecule has 0 aromatic carbocycles. The highest BCUT2D eigenvalue weighted by atomic mass is 16.4. The first-order chi connectivity index (χ1) is 6.56. The molecule has 0 saturated carbocycles. The lowest BCUT2D eigenvalue weighted by atomic mass is 10.1. The van der Waals surface area contributed by atoms with Crippen molar-refractivity contribution in [1.29, 1.82) is 0 Å². The van der Waals surface area contributed by atoms with Crippen molar-refractivity contribution in [3.8, 4) is 0 Å². The average molecular weight is 199 g/mol. The summed E-state index contributed by atoms with van der Waals surface area (Å²) in [4.78, 5) is 21.3. The Balaban J connectivity index is 3.54. The SMILES string of the molecule is C=CCC(=O)NC(C)CCCC(=O)O. The molecule has 0 aromatic heterocycles. The van der Waals surface area contributed by atoms with Gasteiger partial charge in [-0.25, -0.2) is 0 Å². The molecule has 0 aliphatic carbocycles. The summed E-state index contributed by atoms with van der Waals surface area (Å²) in [6.45, 7) is 5.32. The minimum atomic E-state index is -0.797. The molecule has 0 radical (unpaired) electrons. The van der Waals surface area contributed by atoms with Crippen molar-refractivity contribution in [1.82, 2.24) is 5.32 Å². The third-order valence-corrected chi connectivity index (χ3v) is 1.76. The van der Waals surface area contributed by atoms with Gasteiger partial charge in [0.15, 0.2) is 0 Å². The van der Waals surface area contributed by atoms with Crippen LogP contribution in [0.5, 0.6) is 0 Å². The smallest absolute Gasteiger partial charge is 0.303 e. The number of nitrogens with one attached hydrogen (secondary N) is 1. The number of amides is 1. The van der Waals surface area contributed by atoms with Crippen LogP contribution >= 0.6 is 0 Å². The molecule has 0 spiro atoms. The second-order valence-corrected chi connectivity index (χ2v) is 3.25. The Morgan fingerprint density at radius 1 is 1.57 bits per heavy atom. The van der Waals surface area contributed by atoms with Crippen LogP contribution in [0.15, 0.2) is 12.7 Å². The van der Waals surface area contributed by atoms with Gasteiger partial charge in [-0.1, -0.05) is 6.08 Å². The molecule has 80 valence electrons. The maximum atomic E-state index is 11.1. The van der Waals surface area contributed by atoms with Gasteiger partial charge in [0, 0.05) is 18.9 Å². The molecule has 0 fully saturated rings. The van der Waals surface area contributed by atoms with Crippen LogP contribution in [0, 0.1) is 0 Å². The minimum Gasteiger partial charge on any atom is -0.481 e. The van der Waals surface area contributed by atoms with Gasteiger partial charge in [-0.15, -0.1) is 6.58 Å². The first-order valence-electron chi connectivity index (χ1n) is 4.68. The largest absolute Gasteiger partial charge is 0.481 e. The van der Waals surface area contributed by atoms with Crippen LogP contribution in [-0.2, 0) is 9.59 Å². The van der Waals surface area contributed by atoms with Crippen molar-refractivity contribution in [3.05, 3.63) is 12.7 Å². The van der Waals surface area contributed by atoms with Gasteiger partial charge < -0.3 is 10.4 Å². The van der Waals surface area contributed by atoms with Gasteiger partial charge in [0.05, 0.1) is 0 Å². The molecule has 1 unspecified atom stereocenters. The maximum Gasteiger partial charge on any atom is 0.303 e. The zero-order chi connectivity index (χ0) is 11.0. The minimum absolute atomic E-state index is 0.0294. The van der Waals surface area contributed by atoms with Crippen LogP contribution in [-0.4, -0.2) is 23.0 Å². The summed E-state index contributed by atoms with van der Waals surface area (Å²) in [5, 5.41) is 11.1. The molecule has 0 saturated heterocycles. The molecular weight excluding hydrogens is 182 g/mol. The highest BCUT2D eigenvalue weighted by molar-refractivity contribution is 5.77. The molecule has 0 rings (SSSR count). The lowest BCUT2D eigenvalue weighted by Gasteiger charge is -2.12. The first kappa shape index (κ1) is 12.7. The number of hydrogen-bond acceptors (Lipinski definition) is 2. The highest BCUT2D eigenvalue weighted by Crippen LogP contribution is 2.00. The summed E-state index contributed by atoms with van der Waals surface area (Å²) in [5.41, 5.74) is 0. The summed E-state index contributed by atoms with van der Waals surface area (Å²) in [5.74, 6) is -0.863. The number of carboxylic acid groups (broad SMARTS) is 1. The molecule has 0 aliphatic heterocycles. The van der Waals surface area contributed by atoms with Crippen molar-refractivity contribution < 1.29 is 14.7 Å². The Kier molecular flexibility index (Phi) is 6.45. The molecule has 0 heterocycles. The molecule has 2 N–H and O–H groups in total. The van der Waals surface area contributed by atoms with Gasteiger partial charge in [0.25, 0.3) is 0 Å². The lowest BCUT2D eigenvalue weighted by molar-refractivity contribution is -0.137. The Bertz CT molecular complexity index is 213. The van der Waals surface area contributed by atoms with Gasteiger partial charge >= 0.3 is 5.97 Å². The summed E-state index contributed by atoms with van der Waals surface area (Å²) >= 11 is 0. The van der Waals surface area contributed by atoms with Gasteiger partial charge in [0.2, 0.25) is 5.91 Å². The second kappa shape index (κ2) is 7.12. The monoisotopic (exact) mass is 199 g/mol. The number of hydrogen-bond donors (Lipinski definition) is 2. The Morgan fingerprint density at radius 2 is 2.21 bits per heavy atom. The quantitative estimate of drug-likeness (QED) is 0.608. The van der Waals surface area contributed by atoms with Crippen LogP contribution in [0.1, 0.15) is 32.6 Å². The first-order valence-corrected chi connectivity index (χ1v) is 4.68. The van der Waals surface area contributed by atoms with E-state index in [1.165, 1.54) is 0 Å². The van der Waals surface area contributed by atoms with E-state index in [0.29, 0.717) is 19.3 Å². The fourth-order valence-corrected chi connectivity index (χ4v) is 1.10. The maximum absolute atomic E-state index is 11.1. The van der Waals surface area contributed by atoms with Crippen LogP contribution in [0.25, 0.3) is 0 Å². The van der Waals surface area contributed by atoms with Crippen molar-refractivity contribution in [2.45, 2.75) is 38.6 Å². The number of aliphatic carboxylic acids is 1. The van der Waals surface area contributed by atoms with Crippen LogP contribution < -0.4 is 5.32 Å². The van der Waals surface area contributed by atoms with E-state index in [1.54, 1.807) is 6.08 Å². The number of carboxylic acids is 1. The molecule has 4 heteroatoms. The molecule has 1 amide bonds. The summed E-state index contributed by atoms with van der Waals surface area (Å²) < 4.78 is 0. The van der Waals surface area contributed by atoms with E-state index in [4.69, 9.17) is 5.11 Å². The fourth-order valence-electron chi connectivity index (χ4n) is 1.10. The zero-order valence-electron chi connectivity index (χ0n) is 8.45. The van der Waals surface area contributed by atoms with Crippen LogP contribution in [0.4, 0.5) is 0 Å². The Hall–Kier alpha value is -1.32. The van der Waals surface area contributed by atoms with Crippen molar-refractivity contribution >= 4 is 11.9 Å². The Morgan fingerprint density at radius 3 is 2.71 bits per heavy atom. The fraction of sp³-hybridized carbons (Fsp3) is 0.600. The summed E-state index contributed by atoms with van der Waals surface area (Å²) in [7, 11) is 0. The van der Waals surface area contributed by atoms with Crippen molar-refractivity contribution in [3.63, 3.8) is 0 Å². The van der Waals surface area contributed by atoms with E-state index in [9.17, 15) is 9.59 Å². The highest BCUT2D eigenvalue weighted by Gasteiger charge is 2.06. The zero-order valence-corrected chi connectivity index (χ0v) is 8.45. The number of rotatable bonds is 7. The lowest BCUT2D eigenvalue weighted by Crippen LogP contribution is -2.31. The molecule has 4 nitrogen and oxygen atoms in total. The van der Waals surface area contributed by atoms with E-state index >= 15 is 0 Å². The average Bonchev–Trinajstić information content (AvgIpc) is 2.03. The number of carbonyl (C=O) groups excluding carboxylic acids is 1. The predicted octanol–water partition coefficient (Wildman–Crippen LogP) is 1.32. The number of carbonyl (C=O) groups is 2. The molecule has 0 aliphatic rings. The van der Waals surface area contributed by atoms with Crippen molar-refractivity contribution in [2.24, 2.45) is 0 Å². The van der Waals surface area contributed by atoms with E-state index < -0.39 is 5.97 Å².